The minimum Gasteiger partial charge on any atom is -0.407 e. The first-order chi connectivity index (χ1) is 8.40. The van der Waals surface area contributed by atoms with Gasteiger partial charge in [0, 0.05) is 5.41 Å². The Bertz CT molecular complexity index is 310. The lowest BCUT2D eigenvalue weighted by molar-refractivity contribution is -0.138. The smallest absolute Gasteiger partial charge is 0.184 e. The van der Waals surface area contributed by atoms with Crippen molar-refractivity contribution in [1.82, 2.24) is 0 Å². The van der Waals surface area contributed by atoms with Crippen LogP contribution < -0.4 is 0 Å². The molecule has 0 aromatic rings. The molecule has 0 saturated heterocycles. The first-order valence-corrected chi connectivity index (χ1v) is 10.9. The molecular formula is C15H26O2Si. The summed E-state index contributed by atoms with van der Waals surface area (Å²) in [4.78, 5) is 11.6. The Kier molecular flexibility index (Phi) is 2.98. The molecule has 4 saturated carbocycles. The third-order valence-electron chi connectivity index (χ3n) is 5.29. The van der Waals surface area contributed by atoms with E-state index in [0.29, 0.717) is 0 Å². The monoisotopic (exact) mass is 266 g/mol. The van der Waals surface area contributed by atoms with Crippen LogP contribution in [0.5, 0.6) is 0 Å². The van der Waals surface area contributed by atoms with Gasteiger partial charge in [-0.25, -0.2) is 0 Å². The van der Waals surface area contributed by atoms with Crippen LogP contribution in [-0.4, -0.2) is 20.7 Å². The number of hydrogen-bond acceptors (Lipinski definition) is 2. The van der Waals surface area contributed by atoms with Gasteiger partial charge >= 0.3 is 0 Å². The Labute approximate surface area is 112 Å². The Morgan fingerprint density at radius 3 is 1.83 bits per heavy atom. The van der Waals surface area contributed by atoms with E-state index in [9.17, 15) is 4.79 Å². The topological polar surface area (TPSA) is 26.3 Å². The summed E-state index contributed by atoms with van der Waals surface area (Å²) in [6.45, 7) is 6.60. The largest absolute Gasteiger partial charge is 0.407 e. The van der Waals surface area contributed by atoms with Crippen LogP contribution in [0, 0.1) is 23.2 Å². The lowest BCUT2D eigenvalue weighted by Gasteiger charge is -2.58. The highest BCUT2D eigenvalue weighted by Crippen LogP contribution is 2.61. The van der Waals surface area contributed by atoms with Crippen molar-refractivity contribution >= 4 is 14.6 Å². The minimum atomic E-state index is -1.62. The zero-order valence-electron chi connectivity index (χ0n) is 11.9. The molecule has 0 unspecified atom stereocenters. The second kappa shape index (κ2) is 4.17. The summed E-state index contributed by atoms with van der Waals surface area (Å²) in [5.41, 5.74) is 0.219. The maximum absolute atomic E-state index is 11.6. The van der Waals surface area contributed by atoms with Gasteiger partial charge in [-0.2, -0.15) is 0 Å². The Morgan fingerprint density at radius 1 is 1.06 bits per heavy atom. The van der Waals surface area contributed by atoms with Gasteiger partial charge in [0.1, 0.15) is 12.4 Å². The predicted octanol–water partition coefficient (Wildman–Crippen LogP) is 3.62. The van der Waals surface area contributed by atoms with Crippen LogP contribution in [0.4, 0.5) is 0 Å². The van der Waals surface area contributed by atoms with Crippen molar-refractivity contribution in [1.29, 1.82) is 0 Å². The van der Waals surface area contributed by atoms with Crippen molar-refractivity contribution in [3.8, 4) is 0 Å². The second-order valence-corrected chi connectivity index (χ2v) is 12.5. The zero-order valence-corrected chi connectivity index (χ0v) is 12.9. The molecule has 4 aliphatic carbocycles. The molecule has 102 valence electrons. The normalized spacial score (nSPS) is 44.1. The molecule has 0 spiro atoms. The van der Waals surface area contributed by atoms with E-state index in [0.717, 1.165) is 24.0 Å². The number of aldehydes is 1. The SMILES string of the molecule is C[Si](C)(C)O[C@@H](C=O)C12CC3CC(CC(C3)C1)C2. The molecular weight excluding hydrogens is 240 g/mol. The van der Waals surface area contributed by atoms with Crippen LogP contribution in [-0.2, 0) is 9.22 Å². The van der Waals surface area contributed by atoms with Gasteiger partial charge in [-0.1, -0.05) is 0 Å². The highest BCUT2D eigenvalue weighted by Gasteiger charge is 2.55. The molecule has 1 atom stereocenters. The quantitative estimate of drug-likeness (QED) is 0.574. The van der Waals surface area contributed by atoms with Gasteiger partial charge in [-0.05, 0) is 75.9 Å². The van der Waals surface area contributed by atoms with E-state index in [4.69, 9.17) is 4.43 Å². The van der Waals surface area contributed by atoms with Gasteiger partial charge in [0.25, 0.3) is 0 Å². The average Bonchev–Trinajstić information content (AvgIpc) is 2.22. The van der Waals surface area contributed by atoms with Crippen molar-refractivity contribution in [3.63, 3.8) is 0 Å². The molecule has 0 amide bonds. The Hall–Kier alpha value is -0.153. The Balaban J connectivity index is 1.83. The Morgan fingerprint density at radius 2 is 1.50 bits per heavy atom. The molecule has 2 nitrogen and oxygen atoms in total. The van der Waals surface area contributed by atoms with Gasteiger partial charge < -0.3 is 9.22 Å². The van der Waals surface area contributed by atoms with Gasteiger partial charge in [0.05, 0.1) is 0 Å². The fourth-order valence-electron chi connectivity index (χ4n) is 5.20. The van der Waals surface area contributed by atoms with Crippen LogP contribution in [0.3, 0.4) is 0 Å². The molecule has 4 fully saturated rings. The van der Waals surface area contributed by atoms with Crippen molar-refractivity contribution in [2.75, 3.05) is 0 Å². The van der Waals surface area contributed by atoms with Crippen molar-refractivity contribution in [3.05, 3.63) is 0 Å². The lowest BCUT2D eigenvalue weighted by atomic mass is 9.48. The molecule has 0 radical (unpaired) electrons. The number of rotatable bonds is 4. The first-order valence-electron chi connectivity index (χ1n) is 7.53. The van der Waals surface area contributed by atoms with Gasteiger partial charge in [0.15, 0.2) is 8.32 Å². The van der Waals surface area contributed by atoms with Gasteiger partial charge in [0.2, 0.25) is 0 Å². The fraction of sp³-hybridized carbons (Fsp3) is 0.933. The summed E-state index contributed by atoms with van der Waals surface area (Å²) in [7, 11) is -1.62. The average molecular weight is 266 g/mol. The van der Waals surface area contributed by atoms with Crippen LogP contribution in [0.1, 0.15) is 38.5 Å². The van der Waals surface area contributed by atoms with Crippen molar-refractivity contribution in [2.24, 2.45) is 23.2 Å². The third kappa shape index (κ3) is 2.20. The second-order valence-electron chi connectivity index (χ2n) is 8.07. The summed E-state index contributed by atoms with van der Waals surface area (Å²) in [5, 5.41) is 0. The van der Waals surface area contributed by atoms with Crippen molar-refractivity contribution in [2.45, 2.75) is 64.3 Å². The maximum Gasteiger partial charge on any atom is 0.184 e. The molecule has 4 aliphatic rings. The van der Waals surface area contributed by atoms with E-state index in [1.807, 2.05) is 0 Å². The lowest BCUT2D eigenvalue weighted by Crippen LogP contribution is -2.54. The predicted molar refractivity (Wildman–Crippen MR) is 74.9 cm³/mol. The fourth-order valence-corrected chi connectivity index (χ4v) is 6.27. The van der Waals surface area contributed by atoms with Crippen LogP contribution in [0.2, 0.25) is 19.6 Å². The summed E-state index contributed by atoms with van der Waals surface area (Å²) in [5.74, 6) is 2.68. The van der Waals surface area contributed by atoms with E-state index >= 15 is 0 Å². The summed E-state index contributed by atoms with van der Waals surface area (Å²) < 4.78 is 6.24. The van der Waals surface area contributed by atoms with Crippen LogP contribution in [0.15, 0.2) is 0 Å². The molecule has 0 heterocycles. The minimum absolute atomic E-state index is 0.113. The van der Waals surface area contributed by atoms with Crippen LogP contribution in [0.25, 0.3) is 0 Å². The number of hydrogen-bond donors (Lipinski definition) is 0. The molecule has 4 bridgehead atoms. The van der Waals surface area contributed by atoms with E-state index in [1.54, 1.807) is 0 Å². The van der Waals surface area contributed by atoms with E-state index in [2.05, 4.69) is 19.6 Å². The number of carbonyl (C=O) groups is 1. The highest BCUT2D eigenvalue weighted by atomic mass is 28.4. The molecule has 0 aromatic heterocycles. The standard InChI is InChI=1S/C15H26O2Si/c1-18(2,3)17-14(10-16)15-7-11-4-12(8-15)6-13(5-11)9-15/h10-14H,4-9H2,1-3H3/t11?,12?,13?,14-,15?/m0/s1. The first kappa shape index (κ1) is 12.9. The molecule has 0 aliphatic heterocycles. The van der Waals surface area contributed by atoms with E-state index in [1.165, 1.54) is 38.5 Å². The van der Waals surface area contributed by atoms with Crippen LogP contribution >= 0.6 is 0 Å². The van der Waals surface area contributed by atoms with Gasteiger partial charge in [-0.3, -0.25) is 0 Å². The van der Waals surface area contributed by atoms with Gasteiger partial charge in [-0.15, -0.1) is 0 Å². The molecule has 18 heavy (non-hydrogen) atoms. The summed E-state index contributed by atoms with van der Waals surface area (Å²) in [6.07, 6.45) is 9.07. The van der Waals surface area contributed by atoms with E-state index < -0.39 is 8.32 Å². The third-order valence-corrected chi connectivity index (χ3v) is 6.25. The molecule has 0 aromatic carbocycles. The molecule has 4 rings (SSSR count). The summed E-state index contributed by atoms with van der Waals surface area (Å²) in [6, 6.07) is 0. The maximum atomic E-state index is 11.6. The highest BCUT2D eigenvalue weighted by molar-refractivity contribution is 6.69. The van der Waals surface area contributed by atoms with E-state index in [-0.39, 0.29) is 11.5 Å². The van der Waals surface area contributed by atoms with Crippen molar-refractivity contribution < 1.29 is 9.22 Å². The number of carbonyl (C=O) groups excluding carboxylic acids is 1. The summed E-state index contributed by atoms with van der Waals surface area (Å²) >= 11 is 0. The zero-order chi connectivity index (χ0) is 13.0. The molecule has 3 heteroatoms. The molecule has 0 N–H and O–H groups in total.